The molecular formula is C11H21N. The molecule has 0 saturated heterocycles. The zero-order chi connectivity index (χ0) is 8.55. The highest BCUT2D eigenvalue weighted by Gasteiger charge is 2.35. The van der Waals surface area contributed by atoms with Crippen LogP contribution in [0.1, 0.15) is 45.4 Å². The SMILES string of the molecule is CC1CCC(C2CCC2N)CC1. The molecule has 0 aromatic heterocycles. The Morgan fingerprint density at radius 1 is 0.917 bits per heavy atom. The first-order valence-corrected chi connectivity index (χ1v) is 5.53. The third-order valence-electron chi connectivity index (χ3n) is 4.05. The van der Waals surface area contributed by atoms with E-state index in [9.17, 15) is 0 Å². The molecule has 0 aromatic carbocycles. The molecule has 0 aliphatic heterocycles. The van der Waals surface area contributed by atoms with Crippen LogP contribution in [0, 0.1) is 17.8 Å². The van der Waals surface area contributed by atoms with Gasteiger partial charge >= 0.3 is 0 Å². The molecule has 2 atom stereocenters. The molecule has 2 fully saturated rings. The second-order valence-corrected chi connectivity index (χ2v) is 4.93. The van der Waals surface area contributed by atoms with Crippen molar-refractivity contribution >= 4 is 0 Å². The summed E-state index contributed by atoms with van der Waals surface area (Å²) >= 11 is 0. The van der Waals surface area contributed by atoms with Crippen LogP contribution >= 0.6 is 0 Å². The molecule has 2 aliphatic rings. The first-order valence-electron chi connectivity index (χ1n) is 5.53. The quantitative estimate of drug-likeness (QED) is 0.638. The van der Waals surface area contributed by atoms with E-state index in [1.807, 2.05) is 0 Å². The summed E-state index contributed by atoms with van der Waals surface area (Å²) in [6.07, 6.45) is 8.53. The third-order valence-corrected chi connectivity index (χ3v) is 4.05. The Morgan fingerprint density at radius 2 is 1.58 bits per heavy atom. The maximum absolute atomic E-state index is 5.99. The molecule has 0 radical (unpaired) electrons. The lowest BCUT2D eigenvalue weighted by Crippen LogP contribution is -2.44. The topological polar surface area (TPSA) is 26.0 Å². The monoisotopic (exact) mass is 167 g/mol. The second-order valence-electron chi connectivity index (χ2n) is 4.93. The van der Waals surface area contributed by atoms with Crippen molar-refractivity contribution in [2.75, 3.05) is 0 Å². The van der Waals surface area contributed by atoms with Crippen molar-refractivity contribution in [1.29, 1.82) is 0 Å². The van der Waals surface area contributed by atoms with E-state index in [1.54, 1.807) is 0 Å². The van der Waals surface area contributed by atoms with Gasteiger partial charge in [-0.15, -0.1) is 0 Å². The van der Waals surface area contributed by atoms with Crippen molar-refractivity contribution in [1.82, 2.24) is 0 Å². The van der Waals surface area contributed by atoms with Crippen LogP contribution < -0.4 is 5.73 Å². The zero-order valence-electron chi connectivity index (χ0n) is 8.13. The molecule has 0 spiro atoms. The molecule has 0 amide bonds. The fraction of sp³-hybridized carbons (Fsp3) is 1.00. The highest BCUT2D eigenvalue weighted by molar-refractivity contribution is 4.90. The fourth-order valence-corrected chi connectivity index (χ4v) is 2.85. The van der Waals surface area contributed by atoms with Gasteiger partial charge in [-0.25, -0.2) is 0 Å². The molecule has 1 nitrogen and oxygen atoms in total. The first-order chi connectivity index (χ1) is 5.77. The van der Waals surface area contributed by atoms with Crippen LogP contribution in [0.2, 0.25) is 0 Å². The van der Waals surface area contributed by atoms with Crippen molar-refractivity contribution in [3.8, 4) is 0 Å². The van der Waals surface area contributed by atoms with Gasteiger partial charge in [-0.3, -0.25) is 0 Å². The van der Waals surface area contributed by atoms with Gasteiger partial charge in [0.05, 0.1) is 0 Å². The molecule has 0 heterocycles. The van der Waals surface area contributed by atoms with E-state index in [-0.39, 0.29) is 0 Å². The molecule has 2 saturated carbocycles. The lowest BCUT2D eigenvalue weighted by atomic mass is 9.66. The third kappa shape index (κ3) is 1.52. The lowest BCUT2D eigenvalue weighted by molar-refractivity contribution is 0.117. The zero-order valence-corrected chi connectivity index (χ0v) is 8.13. The van der Waals surface area contributed by atoms with Gasteiger partial charge in [-0.2, -0.15) is 0 Å². The summed E-state index contributed by atoms with van der Waals surface area (Å²) < 4.78 is 0. The Morgan fingerprint density at radius 3 is 2.00 bits per heavy atom. The van der Waals surface area contributed by atoms with Gasteiger partial charge in [-0.1, -0.05) is 19.8 Å². The molecular weight excluding hydrogens is 146 g/mol. The van der Waals surface area contributed by atoms with Gasteiger partial charge in [0, 0.05) is 6.04 Å². The standard InChI is InChI=1S/C11H21N/c1-8-2-4-9(5-3-8)10-6-7-11(10)12/h8-11H,2-7,12H2,1H3. The van der Waals surface area contributed by atoms with Gasteiger partial charge in [0.15, 0.2) is 0 Å². The van der Waals surface area contributed by atoms with Crippen molar-refractivity contribution < 1.29 is 0 Å². The Bertz CT molecular complexity index is 147. The Balaban J connectivity index is 1.81. The van der Waals surface area contributed by atoms with Crippen LogP contribution in [0.3, 0.4) is 0 Å². The van der Waals surface area contributed by atoms with Crippen LogP contribution in [0.5, 0.6) is 0 Å². The van der Waals surface area contributed by atoms with E-state index in [0.29, 0.717) is 6.04 Å². The summed E-state index contributed by atoms with van der Waals surface area (Å²) in [6.45, 7) is 2.39. The van der Waals surface area contributed by atoms with Gasteiger partial charge in [0.1, 0.15) is 0 Å². The summed E-state index contributed by atoms with van der Waals surface area (Å²) in [5.41, 5.74) is 5.99. The van der Waals surface area contributed by atoms with Crippen LogP contribution in [0.4, 0.5) is 0 Å². The normalized spacial score (nSPS) is 48.5. The maximum Gasteiger partial charge on any atom is 0.00699 e. The van der Waals surface area contributed by atoms with E-state index >= 15 is 0 Å². The van der Waals surface area contributed by atoms with Crippen LogP contribution in [-0.2, 0) is 0 Å². The largest absolute Gasteiger partial charge is 0.327 e. The number of rotatable bonds is 1. The predicted octanol–water partition coefficient (Wildman–Crippen LogP) is 2.55. The average Bonchev–Trinajstić information content (AvgIpc) is 2.06. The van der Waals surface area contributed by atoms with Crippen molar-refractivity contribution in [2.45, 2.75) is 51.5 Å². The van der Waals surface area contributed by atoms with E-state index < -0.39 is 0 Å². The minimum Gasteiger partial charge on any atom is -0.327 e. The van der Waals surface area contributed by atoms with E-state index in [1.165, 1.54) is 38.5 Å². The average molecular weight is 167 g/mol. The van der Waals surface area contributed by atoms with Crippen molar-refractivity contribution in [2.24, 2.45) is 23.5 Å². The van der Waals surface area contributed by atoms with E-state index in [4.69, 9.17) is 5.73 Å². The number of hydrogen-bond acceptors (Lipinski definition) is 1. The van der Waals surface area contributed by atoms with Crippen LogP contribution in [0.15, 0.2) is 0 Å². The van der Waals surface area contributed by atoms with Crippen LogP contribution in [0.25, 0.3) is 0 Å². The van der Waals surface area contributed by atoms with Crippen LogP contribution in [-0.4, -0.2) is 6.04 Å². The summed E-state index contributed by atoms with van der Waals surface area (Å²) in [5, 5.41) is 0. The molecule has 2 N–H and O–H groups in total. The van der Waals surface area contributed by atoms with Crippen molar-refractivity contribution in [3.05, 3.63) is 0 Å². The predicted molar refractivity (Wildman–Crippen MR) is 51.8 cm³/mol. The lowest BCUT2D eigenvalue weighted by Gasteiger charge is -2.42. The maximum atomic E-state index is 5.99. The second kappa shape index (κ2) is 3.37. The van der Waals surface area contributed by atoms with E-state index in [2.05, 4.69) is 6.92 Å². The smallest absolute Gasteiger partial charge is 0.00699 e. The first kappa shape index (κ1) is 8.55. The van der Waals surface area contributed by atoms with Crippen molar-refractivity contribution in [3.63, 3.8) is 0 Å². The molecule has 12 heavy (non-hydrogen) atoms. The number of nitrogens with two attached hydrogens (primary N) is 1. The molecule has 0 aromatic rings. The number of hydrogen-bond donors (Lipinski definition) is 1. The highest BCUT2D eigenvalue weighted by Crippen LogP contribution is 2.41. The van der Waals surface area contributed by atoms with Gasteiger partial charge in [-0.05, 0) is 43.4 Å². The summed E-state index contributed by atoms with van der Waals surface area (Å²) in [6, 6.07) is 0.559. The minimum absolute atomic E-state index is 0.559. The Hall–Kier alpha value is -0.0400. The van der Waals surface area contributed by atoms with E-state index in [0.717, 1.165) is 17.8 Å². The molecule has 2 unspecified atom stereocenters. The fourth-order valence-electron chi connectivity index (χ4n) is 2.85. The molecule has 1 heteroatoms. The van der Waals surface area contributed by atoms with Gasteiger partial charge in [0.25, 0.3) is 0 Å². The summed E-state index contributed by atoms with van der Waals surface area (Å²) in [5.74, 6) is 2.88. The Kier molecular flexibility index (Phi) is 2.40. The molecule has 0 bridgehead atoms. The molecule has 2 aliphatic carbocycles. The Labute approximate surface area is 75.7 Å². The highest BCUT2D eigenvalue weighted by atomic mass is 14.7. The summed E-state index contributed by atoms with van der Waals surface area (Å²) in [4.78, 5) is 0. The minimum atomic E-state index is 0.559. The molecule has 70 valence electrons. The van der Waals surface area contributed by atoms with Gasteiger partial charge < -0.3 is 5.73 Å². The summed E-state index contributed by atoms with van der Waals surface area (Å²) in [7, 11) is 0. The molecule has 2 rings (SSSR count). The van der Waals surface area contributed by atoms with Gasteiger partial charge in [0.2, 0.25) is 0 Å².